The van der Waals surface area contributed by atoms with Gasteiger partial charge in [-0.15, -0.1) is 11.3 Å². The van der Waals surface area contributed by atoms with Crippen molar-refractivity contribution in [2.24, 2.45) is 0 Å². The van der Waals surface area contributed by atoms with Gasteiger partial charge >= 0.3 is 12.4 Å². The van der Waals surface area contributed by atoms with Gasteiger partial charge in [-0.1, -0.05) is 17.8 Å². The fourth-order valence-electron chi connectivity index (χ4n) is 1.88. The van der Waals surface area contributed by atoms with Gasteiger partial charge < -0.3 is 0 Å². The molecule has 0 saturated carbocycles. The van der Waals surface area contributed by atoms with E-state index in [1.165, 1.54) is 18.2 Å². The molecule has 3 rings (SSSR count). The highest BCUT2D eigenvalue weighted by Crippen LogP contribution is 2.39. The van der Waals surface area contributed by atoms with Gasteiger partial charge in [-0.25, -0.2) is 9.97 Å². The van der Waals surface area contributed by atoms with E-state index in [4.69, 9.17) is 0 Å². The van der Waals surface area contributed by atoms with Crippen LogP contribution in [0.2, 0.25) is 0 Å². The van der Waals surface area contributed by atoms with Crippen molar-refractivity contribution in [3.63, 3.8) is 0 Å². The van der Waals surface area contributed by atoms with Crippen molar-refractivity contribution in [3.8, 4) is 0 Å². The molecule has 0 saturated heterocycles. The third-order valence-corrected chi connectivity index (χ3v) is 4.92. The van der Waals surface area contributed by atoms with Crippen LogP contribution in [0.4, 0.5) is 26.3 Å². The maximum absolute atomic E-state index is 12.9. The summed E-state index contributed by atoms with van der Waals surface area (Å²) in [6.45, 7) is 0. The van der Waals surface area contributed by atoms with Crippen LogP contribution in [0, 0.1) is 0 Å². The van der Waals surface area contributed by atoms with Gasteiger partial charge in [0.1, 0.15) is 5.03 Å². The standard InChI is InChI=1S/C14H6F6N2S2/c15-13(16,17)7-2-1-3-8(6-7)24-11-10-9(4-5-23-10)21-12(22-11)14(18,19)20/h1-6H. The molecule has 1 aromatic carbocycles. The zero-order chi connectivity index (χ0) is 17.5. The van der Waals surface area contributed by atoms with E-state index in [9.17, 15) is 26.3 Å². The van der Waals surface area contributed by atoms with Crippen LogP contribution < -0.4 is 0 Å². The minimum absolute atomic E-state index is 0.0263. The molecule has 0 amide bonds. The molecule has 3 aromatic rings. The Morgan fingerprint density at radius 3 is 2.33 bits per heavy atom. The number of hydrogen-bond acceptors (Lipinski definition) is 4. The number of halogens is 6. The van der Waals surface area contributed by atoms with Gasteiger partial charge in [0.2, 0.25) is 5.82 Å². The fraction of sp³-hybridized carbons (Fsp3) is 0.143. The van der Waals surface area contributed by atoms with Crippen LogP contribution >= 0.6 is 23.1 Å². The Kier molecular flexibility index (Phi) is 4.20. The number of nitrogens with zero attached hydrogens (tertiary/aromatic N) is 2. The van der Waals surface area contributed by atoms with Crippen molar-refractivity contribution in [2.75, 3.05) is 0 Å². The Morgan fingerprint density at radius 1 is 0.917 bits per heavy atom. The zero-order valence-electron chi connectivity index (χ0n) is 11.4. The molecule has 2 nitrogen and oxygen atoms in total. The second-order valence-corrected chi connectivity index (χ2v) is 6.59. The summed E-state index contributed by atoms with van der Waals surface area (Å²) >= 11 is 1.87. The highest BCUT2D eigenvalue weighted by molar-refractivity contribution is 7.99. The molecule has 2 heterocycles. The van der Waals surface area contributed by atoms with E-state index in [-0.39, 0.29) is 15.4 Å². The molecule has 0 fully saturated rings. The monoisotopic (exact) mass is 380 g/mol. The lowest BCUT2D eigenvalue weighted by molar-refractivity contribution is -0.145. The predicted octanol–water partition coefficient (Wildman–Crippen LogP) is 5.88. The van der Waals surface area contributed by atoms with Gasteiger partial charge in [0.25, 0.3) is 0 Å². The molecule has 10 heteroatoms. The molecule has 0 spiro atoms. The average Bonchev–Trinajstić information content (AvgIpc) is 2.94. The first-order valence-electron chi connectivity index (χ1n) is 6.32. The lowest BCUT2D eigenvalue weighted by Gasteiger charge is -2.10. The van der Waals surface area contributed by atoms with Crippen molar-refractivity contribution in [3.05, 3.63) is 47.1 Å². The molecule has 126 valence electrons. The third-order valence-electron chi connectivity index (χ3n) is 2.90. The van der Waals surface area contributed by atoms with Crippen LogP contribution in [-0.4, -0.2) is 9.97 Å². The van der Waals surface area contributed by atoms with Crippen LogP contribution in [0.5, 0.6) is 0 Å². The maximum Gasteiger partial charge on any atom is 0.451 e. The minimum atomic E-state index is -4.74. The molecule has 0 unspecified atom stereocenters. The van der Waals surface area contributed by atoms with Crippen molar-refractivity contribution in [2.45, 2.75) is 22.3 Å². The third kappa shape index (κ3) is 3.48. The van der Waals surface area contributed by atoms with Crippen LogP contribution in [0.3, 0.4) is 0 Å². The van der Waals surface area contributed by atoms with Crippen molar-refractivity contribution in [1.29, 1.82) is 0 Å². The van der Waals surface area contributed by atoms with Crippen LogP contribution in [-0.2, 0) is 12.4 Å². The summed E-state index contributed by atoms with van der Waals surface area (Å²) in [7, 11) is 0. The quantitative estimate of drug-likeness (QED) is 0.410. The van der Waals surface area contributed by atoms with Gasteiger partial charge in [0.15, 0.2) is 0 Å². The molecule has 0 radical (unpaired) electrons. The molecule has 0 aliphatic carbocycles. The second-order valence-electron chi connectivity index (χ2n) is 4.61. The Balaban J connectivity index is 2.05. The Hall–Kier alpha value is -1.81. The lowest BCUT2D eigenvalue weighted by atomic mass is 10.2. The van der Waals surface area contributed by atoms with E-state index in [1.54, 1.807) is 5.38 Å². The molecule has 0 atom stereocenters. The number of hydrogen-bond donors (Lipinski definition) is 0. The van der Waals surface area contributed by atoms with Gasteiger partial charge in [-0.3, -0.25) is 0 Å². The molecule has 0 bridgehead atoms. The number of alkyl halides is 6. The summed E-state index contributed by atoms with van der Waals surface area (Å²) < 4.78 is 77.3. The summed E-state index contributed by atoms with van der Waals surface area (Å²) in [5, 5.41) is 1.53. The number of benzene rings is 1. The molecular formula is C14H6F6N2S2. The minimum Gasteiger partial charge on any atom is -0.223 e. The topological polar surface area (TPSA) is 25.8 Å². The van der Waals surface area contributed by atoms with E-state index >= 15 is 0 Å². The van der Waals surface area contributed by atoms with Crippen molar-refractivity contribution in [1.82, 2.24) is 9.97 Å². The molecule has 0 aliphatic rings. The summed E-state index contributed by atoms with van der Waals surface area (Å²) in [4.78, 5) is 7.08. The van der Waals surface area contributed by atoms with Gasteiger partial charge in [0, 0.05) is 4.90 Å². The average molecular weight is 380 g/mol. The summed E-state index contributed by atoms with van der Waals surface area (Å²) in [6, 6.07) is 5.76. The number of thiophene rings is 1. The summed E-state index contributed by atoms with van der Waals surface area (Å²) in [5.74, 6) is -1.32. The highest BCUT2D eigenvalue weighted by atomic mass is 32.2. The predicted molar refractivity (Wildman–Crippen MR) is 78.0 cm³/mol. The van der Waals surface area contributed by atoms with E-state index in [1.807, 2.05) is 0 Å². The van der Waals surface area contributed by atoms with Gasteiger partial charge in [-0.05, 0) is 29.6 Å². The van der Waals surface area contributed by atoms with E-state index in [0.717, 1.165) is 35.2 Å². The Labute approximate surface area is 139 Å². The fourth-order valence-corrected chi connectivity index (χ4v) is 3.75. The molecule has 24 heavy (non-hydrogen) atoms. The van der Waals surface area contributed by atoms with Gasteiger partial charge in [0.05, 0.1) is 15.8 Å². The van der Waals surface area contributed by atoms with Crippen LogP contribution in [0.15, 0.2) is 45.6 Å². The maximum atomic E-state index is 12.9. The number of rotatable bonds is 2. The second kappa shape index (κ2) is 5.92. The van der Waals surface area contributed by atoms with E-state index in [0.29, 0.717) is 4.70 Å². The van der Waals surface area contributed by atoms with E-state index in [2.05, 4.69) is 9.97 Å². The number of fused-ring (bicyclic) bond motifs is 1. The summed E-state index contributed by atoms with van der Waals surface area (Å²) in [5.41, 5.74) is -0.767. The molecule has 0 N–H and O–H groups in total. The zero-order valence-corrected chi connectivity index (χ0v) is 13.1. The largest absolute Gasteiger partial charge is 0.451 e. The number of aromatic nitrogens is 2. The van der Waals surface area contributed by atoms with Gasteiger partial charge in [-0.2, -0.15) is 26.3 Å². The molecule has 0 aliphatic heterocycles. The van der Waals surface area contributed by atoms with Crippen molar-refractivity contribution >= 4 is 33.3 Å². The normalized spacial score (nSPS) is 12.8. The lowest BCUT2D eigenvalue weighted by Crippen LogP contribution is -2.11. The molecular weight excluding hydrogens is 374 g/mol. The SMILES string of the molecule is FC(F)(F)c1cccc(Sc2nc(C(F)(F)F)nc3ccsc23)c1. The first-order chi connectivity index (χ1) is 11.1. The Bertz CT molecular complexity index is 885. The smallest absolute Gasteiger partial charge is 0.223 e. The van der Waals surface area contributed by atoms with Crippen molar-refractivity contribution < 1.29 is 26.3 Å². The molecule has 2 aromatic heterocycles. The van der Waals surface area contributed by atoms with E-state index < -0.39 is 23.7 Å². The first kappa shape index (κ1) is 17.0. The first-order valence-corrected chi connectivity index (χ1v) is 8.02. The summed E-state index contributed by atoms with van der Waals surface area (Å²) in [6.07, 6.45) is -9.27. The Morgan fingerprint density at radius 2 is 1.67 bits per heavy atom. The van der Waals surface area contributed by atoms with Crippen LogP contribution in [0.25, 0.3) is 10.2 Å². The van der Waals surface area contributed by atoms with Crippen LogP contribution in [0.1, 0.15) is 11.4 Å². The highest BCUT2D eigenvalue weighted by Gasteiger charge is 2.36.